The molecule has 1 fully saturated rings. The van der Waals surface area contributed by atoms with Crippen molar-refractivity contribution < 1.29 is 19.4 Å². The second-order valence-electron chi connectivity index (χ2n) is 11.8. The number of methoxy groups -OCH3 is 1. The van der Waals surface area contributed by atoms with E-state index >= 15 is 0 Å². The zero-order valence-electron chi connectivity index (χ0n) is 25.6. The molecule has 3 N–H and O–H groups in total. The number of aromatic nitrogens is 1. The van der Waals surface area contributed by atoms with E-state index in [1.807, 2.05) is 79.4 Å². The predicted molar refractivity (Wildman–Crippen MR) is 184 cm³/mol. The third-order valence-electron chi connectivity index (χ3n) is 8.72. The fourth-order valence-electron chi connectivity index (χ4n) is 6.06. The van der Waals surface area contributed by atoms with Crippen LogP contribution in [0.5, 0.6) is 0 Å². The second kappa shape index (κ2) is 15.1. The van der Waals surface area contributed by atoms with Crippen molar-refractivity contribution in [1.29, 1.82) is 0 Å². The number of thioether (sulfide) groups is 1. The Bertz CT molecular complexity index is 1690. The van der Waals surface area contributed by atoms with Gasteiger partial charge in [0.1, 0.15) is 0 Å². The summed E-state index contributed by atoms with van der Waals surface area (Å²) < 4.78 is 5.03. The molecule has 1 aromatic heterocycles. The molecule has 1 aliphatic rings. The van der Waals surface area contributed by atoms with Gasteiger partial charge in [0.25, 0.3) is 0 Å². The minimum Gasteiger partial charge on any atom is -0.481 e. The number of hydrogen-bond donors (Lipinski definition) is 2. The number of carboxylic acids is 1. The first-order valence-electron chi connectivity index (χ1n) is 15.3. The number of rotatable bonds is 14. The highest BCUT2D eigenvalue weighted by Gasteiger charge is 2.47. The number of esters is 1. The van der Waals surface area contributed by atoms with E-state index in [0.717, 1.165) is 46.3 Å². The number of carbonyl (C=O) groups is 2. The van der Waals surface area contributed by atoms with E-state index in [-0.39, 0.29) is 23.1 Å². The van der Waals surface area contributed by atoms with Gasteiger partial charge in [-0.3, -0.25) is 4.79 Å². The first-order chi connectivity index (χ1) is 21.8. The molecule has 0 bridgehead atoms. The van der Waals surface area contributed by atoms with Crippen molar-refractivity contribution in [2.75, 3.05) is 19.4 Å². The van der Waals surface area contributed by atoms with E-state index in [1.165, 1.54) is 12.7 Å². The average molecular weight is 643 g/mol. The highest BCUT2D eigenvalue weighted by Crippen LogP contribution is 2.50. The predicted octanol–water partition coefficient (Wildman–Crippen LogP) is 8.18. The monoisotopic (exact) mass is 642 g/mol. The number of pyridine rings is 1. The first-order valence-corrected chi connectivity index (χ1v) is 16.7. The lowest BCUT2D eigenvalue weighted by Gasteiger charge is -2.20. The van der Waals surface area contributed by atoms with Gasteiger partial charge in [-0.05, 0) is 96.3 Å². The van der Waals surface area contributed by atoms with Gasteiger partial charge in [-0.25, -0.2) is 9.78 Å². The number of carbonyl (C=O) groups excluding carboxylic acids is 1. The van der Waals surface area contributed by atoms with Gasteiger partial charge < -0.3 is 15.6 Å². The Hall–Kier alpha value is -3.65. The molecule has 0 spiro atoms. The number of nitrogens with zero attached hydrogens (tertiary/aromatic N) is 1. The molecule has 1 heterocycles. The smallest absolute Gasteiger partial charge is 0.338 e. The van der Waals surface area contributed by atoms with Crippen LogP contribution in [0, 0.1) is 23.7 Å². The van der Waals surface area contributed by atoms with E-state index in [4.69, 9.17) is 27.1 Å². The molecule has 5 atom stereocenters. The largest absolute Gasteiger partial charge is 0.481 e. The summed E-state index contributed by atoms with van der Waals surface area (Å²) in [4.78, 5) is 29.2. The molecule has 6 nitrogen and oxygen atoms in total. The van der Waals surface area contributed by atoms with E-state index < -0.39 is 11.9 Å². The van der Waals surface area contributed by atoms with E-state index in [0.29, 0.717) is 29.5 Å². The molecule has 1 aliphatic carbocycles. The molecule has 1 saturated carbocycles. The SMILES string of the molecule is COC(=O)c1ccccc1CC[C@@H](SCC1CC1C(C(=O)O)C(C)CN)c1cccc(C=Cc2ccc3ccc(Cl)cc3n2)c1. The number of aryl methyl sites for hydroxylation is 1. The highest BCUT2D eigenvalue weighted by atomic mass is 35.5. The maximum Gasteiger partial charge on any atom is 0.338 e. The molecule has 45 heavy (non-hydrogen) atoms. The number of nitrogens with two attached hydrogens (primary N) is 1. The fraction of sp³-hybridized carbons (Fsp3) is 0.324. The van der Waals surface area contributed by atoms with Crippen molar-refractivity contribution in [3.05, 3.63) is 112 Å². The lowest BCUT2D eigenvalue weighted by molar-refractivity contribution is -0.144. The van der Waals surface area contributed by atoms with Crippen molar-refractivity contribution in [3.63, 3.8) is 0 Å². The normalized spacial score (nSPS) is 18.0. The van der Waals surface area contributed by atoms with Crippen LogP contribution in [0.25, 0.3) is 23.1 Å². The molecule has 5 rings (SSSR count). The summed E-state index contributed by atoms with van der Waals surface area (Å²) >= 11 is 8.05. The Labute approximate surface area is 274 Å². The summed E-state index contributed by atoms with van der Waals surface area (Å²) in [6.45, 7) is 2.31. The Morgan fingerprint density at radius 2 is 1.89 bits per heavy atom. The van der Waals surface area contributed by atoms with Crippen LogP contribution in [0.3, 0.4) is 0 Å². The van der Waals surface area contributed by atoms with Crippen LogP contribution in [-0.4, -0.2) is 41.4 Å². The average Bonchev–Trinajstić information content (AvgIpc) is 3.81. The van der Waals surface area contributed by atoms with Crippen LogP contribution >= 0.6 is 23.4 Å². The highest BCUT2D eigenvalue weighted by molar-refractivity contribution is 7.99. The van der Waals surface area contributed by atoms with Crippen molar-refractivity contribution >= 4 is 58.4 Å². The summed E-state index contributed by atoms with van der Waals surface area (Å²) in [5.41, 5.74) is 11.4. The minimum atomic E-state index is -0.745. The van der Waals surface area contributed by atoms with Gasteiger partial charge in [-0.15, -0.1) is 0 Å². The van der Waals surface area contributed by atoms with Crippen LogP contribution < -0.4 is 5.73 Å². The third kappa shape index (κ3) is 8.34. The Morgan fingerprint density at radius 1 is 1.09 bits per heavy atom. The Morgan fingerprint density at radius 3 is 2.67 bits per heavy atom. The Balaban J connectivity index is 1.35. The molecule has 0 aliphatic heterocycles. The number of halogens is 1. The minimum absolute atomic E-state index is 0.0503. The van der Waals surface area contributed by atoms with Crippen LogP contribution in [0.4, 0.5) is 0 Å². The number of fused-ring (bicyclic) bond motifs is 1. The summed E-state index contributed by atoms with van der Waals surface area (Å²) in [5, 5.41) is 11.7. The van der Waals surface area contributed by atoms with Gasteiger partial charge in [-0.1, -0.05) is 79.2 Å². The van der Waals surface area contributed by atoms with Crippen LogP contribution in [0.15, 0.2) is 78.9 Å². The van der Waals surface area contributed by atoms with Crippen LogP contribution in [-0.2, 0) is 16.0 Å². The number of aliphatic carboxylic acids is 1. The van der Waals surface area contributed by atoms with Gasteiger partial charge in [0, 0.05) is 15.7 Å². The maximum atomic E-state index is 12.4. The zero-order valence-corrected chi connectivity index (χ0v) is 27.1. The Kier molecular flexibility index (Phi) is 11.0. The molecule has 4 aromatic rings. The van der Waals surface area contributed by atoms with Crippen molar-refractivity contribution in [2.24, 2.45) is 29.4 Å². The quantitative estimate of drug-likeness (QED) is 0.134. The van der Waals surface area contributed by atoms with E-state index in [9.17, 15) is 14.7 Å². The maximum absolute atomic E-state index is 12.4. The van der Waals surface area contributed by atoms with Gasteiger partial charge >= 0.3 is 11.9 Å². The van der Waals surface area contributed by atoms with Crippen molar-refractivity contribution in [3.8, 4) is 0 Å². The molecular formula is C37H39ClN2O4S. The molecule has 234 valence electrons. The van der Waals surface area contributed by atoms with Gasteiger partial charge in [0.05, 0.1) is 29.8 Å². The topological polar surface area (TPSA) is 103 Å². The van der Waals surface area contributed by atoms with Gasteiger partial charge in [0.15, 0.2) is 0 Å². The van der Waals surface area contributed by atoms with Gasteiger partial charge in [-0.2, -0.15) is 11.8 Å². The van der Waals surface area contributed by atoms with Crippen molar-refractivity contribution in [1.82, 2.24) is 4.98 Å². The lowest BCUT2D eigenvalue weighted by atomic mass is 9.89. The van der Waals surface area contributed by atoms with Gasteiger partial charge in [0.2, 0.25) is 0 Å². The molecule has 8 heteroatoms. The standard InChI is InChI=1S/C37H39ClN2O4S/c1-23(21-39)35(36(41)42)32-19-28(32)22-45-34(17-13-25-7-3-4-9-31(25)37(43)44-2)27-8-5-6-24(18-27)10-15-30-16-12-26-11-14-29(38)20-33(26)40-30/h3-12,14-16,18,20,23,28,32,34-35H,13,17,19,21-22,39H2,1-2H3,(H,41,42)/t23?,28?,32?,34-,35?/m1/s1. The summed E-state index contributed by atoms with van der Waals surface area (Å²) in [6.07, 6.45) is 6.52. The summed E-state index contributed by atoms with van der Waals surface area (Å²) in [6, 6.07) is 25.8. The van der Waals surface area contributed by atoms with Crippen LogP contribution in [0.2, 0.25) is 5.02 Å². The lowest BCUT2D eigenvalue weighted by Crippen LogP contribution is -2.29. The van der Waals surface area contributed by atoms with E-state index in [1.54, 1.807) is 0 Å². The van der Waals surface area contributed by atoms with E-state index in [2.05, 4.69) is 30.3 Å². The molecule has 0 amide bonds. The summed E-state index contributed by atoms with van der Waals surface area (Å²) in [5.74, 6) is -0.146. The molecular weight excluding hydrogens is 604 g/mol. The fourth-order valence-corrected chi connectivity index (χ4v) is 7.71. The second-order valence-corrected chi connectivity index (χ2v) is 13.5. The van der Waals surface area contributed by atoms with Crippen molar-refractivity contribution in [2.45, 2.75) is 31.4 Å². The van der Waals surface area contributed by atoms with Crippen LogP contribution in [0.1, 0.15) is 57.8 Å². The number of hydrogen-bond acceptors (Lipinski definition) is 6. The third-order valence-corrected chi connectivity index (χ3v) is 10.5. The molecule has 3 aromatic carbocycles. The number of ether oxygens (including phenoxy) is 1. The zero-order chi connectivity index (χ0) is 31.9. The first kappa shape index (κ1) is 32.7. The number of carboxylic acid groups (broad SMARTS) is 1. The molecule has 0 radical (unpaired) electrons. The molecule has 0 saturated heterocycles. The summed E-state index contributed by atoms with van der Waals surface area (Å²) in [7, 11) is 1.40. The number of benzene rings is 3. The molecule has 4 unspecified atom stereocenters.